The van der Waals surface area contributed by atoms with Crippen LogP contribution in [-0.4, -0.2) is 22.1 Å². The van der Waals surface area contributed by atoms with Gasteiger partial charge < -0.3 is 9.72 Å². The molecule has 1 radical (unpaired) electrons. The van der Waals surface area contributed by atoms with Crippen molar-refractivity contribution >= 4 is 11.2 Å². The Balaban J connectivity index is 2.67. The summed E-state index contributed by atoms with van der Waals surface area (Å²) in [6.45, 7) is 0. The Morgan fingerprint density at radius 3 is 3.36 bits per heavy atom. The van der Waals surface area contributed by atoms with Crippen LogP contribution < -0.4 is 4.74 Å². The molecule has 0 aliphatic heterocycles. The third-order valence-electron chi connectivity index (χ3n) is 1.38. The Morgan fingerprint density at radius 1 is 1.64 bits per heavy atom. The van der Waals surface area contributed by atoms with Crippen molar-refractivity contribution in [3.05, 3.63) is 18.5 Å². The average molecular weight is 148 g/mol. The third kappa shape index (κ3) is 0.920. The molecule has 4 heteroatoms. The molecule has 11 heavy (non-hydrogen) atoms. The molecule has 0 saturated heterocycles. The maximum atomic E-state index is 4.90. The number of H-pyrrole nitrogens is 1. The normalized spacial score (nSPS) is 10.3. The number of nitrogens with zero attached hydrogens (tertiary/aromatic N) is 2. The van der Waals surface area contributed by atoms with Crippen LogP contribution in [-0.2, 0) is 0 Å². The number of hydrogen-bond donors (Lipinski definition) is 1. The van der Waals surface area contributed by atoms with Crippen molar-refractivity contribution in [2.75, 3.05) is 7.11 Å². The second-order valence-electron chi connectivity index (χ2n) is 2.04. The molecule has 0 aromatic carbocycles. The lowest BCUT2D eigenvalue weighted by Crippen LogP contribution is -1.86. The van der Waals surface area contributed by atoms with Gasteiger partial charge in [-0.3, -0.25) is 0 Å². The molecule has 0 amide bonds. The number of aromatic amines is 1. The van der Waals surface area contributed by atoms with E-state index < -0.39 is 0 Å². The van der Waals surface area contributed by atoms with Gasteiger partial charge >= 0.3 is 0 Å². The number of ether oxygens (including phenoxy) is 1. The zero-order valence-corrected chi connectivity index (χ0v) is 5.96. The van der Waals surface area contributed by atoms with Gasteiger partial charge in [0.15, 0.2) is 5.65 Å². The van der Waals surface area contributed by atoms with Gasteiger partial charge in [0.05, 0.1) is 19.0 Å². The SMILES string of the molecule is COc1c[c]c2[nH]cnc2n1. The predicted molar refractivity (Wildman–Crippen MR) is 39.3 cm³/mol. The molecular weight excluding hydrogens is 142 g/mol. The number of aromatic nitrogens is 3. The van der Waals surface area contributed by atoms with Gasteiger partial charge in [-0.05, 0) is 0 Å². The van der Waals surface area contributed by atoms with E-state index in [2.05, 4.69) is 21.0 Å². The van der Waals surface area contributed by atoms with Crippen molar-refractivity contribution in [1.82, 2.24) is 15.0 Å². The number of pyridine rings is 1. The summed E-state index contributed by atoms with van der Waals surface area (Å²) < 4.78 is 4.90. The fourth-order valence-electron chi connectivity index (χ4n) is 0.853. The molecule has 2 rings (SSSR count). The average Bonchev–Trinajstić information content (AvgIpc) is 2.50. The van der Waals surface area contributed by atoms with Crippen LogP contribution in [0.25, 0.3) is 11.2 Å². The van der Waals surface area contributed by atoms with Gasteiger partial charge in [-0.25, -0.2) is 4.98 Å². The minimum absolute atomic E-state index is 0.532. The minimum Gasteiger partial charge on any atom is -0.481 e. The molecule has 0 aliphatic carbocycles. The summed E-state index contributed by atoms with van der Waals surface area (Å²) >= 11 is 0. The van der Waals surface area contributed by atoms with Crippen LogP contribution in [0.15, 0.2) is 12.4 Å². The van der Waals surface area contributed by atoms with E-state index in [-0.39, 0.29) is 0 Å². The molecule has 55 valence electrons. The molecule has 1 N–H and O–H groups in total. The lowest BCUT2D eigenvalue weighted by molar-refractivity contribution is 0.399. The van der Waals surface area contributed by atoms with Crippen molar-refractivity contribution in [2.24, 2.45) is 0 Å². The first-order chi connectivity index (χ1) is 5.40. The first-order valence-corrected chi connectivity index (χ1v) is 3.16. The van der Waals surface area contributed by atoms with Crippen LogP contribution in [0.5, 0.6) is 5.88 Å². The first-order valence-electron chi connectivity index (χ1n) is 3.16. The third-order valence-corrected chi connectivity index (χ3v) is 1.38. The number of imidazole rings is 1. The summed E-state index contributed by atoms with van der Waals surface area (Å²) in [4.78, 5) is 10.9. The summed E-state index contributed by atoms with van der Waals surface area (Å²) in [5, 5.41) is 0. The van der Waals surface area contributed by atoms with Crippen molar-refractivity contribution in [2.45, 2.75) is 0 Å². The van der Waals surface area contributed by atoms with Crippen LogP contribution in [0.1, 0.15) is 0 Å². The second-order valence-corrected chi connectivity index (χ2v) is 2.04. The predicted octanol–water partition coefficient (Wildman–Crippen LogP) is 0.767. The van der Waals surface area contributed by atoms with Crippen molar-refractivity contribution in [3.63, 3.8) is 0 Å². The van der Waals surface area contributed by atoms with Crippen LogP contribution in [0, 0.1) is 6.07 Å². The van der Waals surface area contributed by atoms with E-state index in [4.69, 9.17) is 4.74 Å². The van der Waals surface area contributed by atoms with Crippen molar-refractivity contribution in [1.29, 1.82) is 0 Å². The Morgan fingerprint density at radius 2 is 2.55 bits per heavy atom. The van der Waals surface area contributed by atoms with Gasteiger partial charge in [-0.15, -0.1) is 0 Å². The lowest BCUT2D eigenvalue weighted by atomic mass is 10.4. The van der Waals surface area contributed by atoms with Crippen LogP contribution >= 0.6 is 0 Å². The number of hydrogen-bond acceptors (Lipinski definition) is 3. The minimum atomic E-state index is 0.532. The van der Waals surface area contributed by atoms with Crippen LogP contribution in [0.2, 0.25) is 0 Å². The van der Waals surface area contributed by atoms with Crippen LogP contribution in [0.4, 0.5) is 0 Å². The highest BCUT2D eigenvalue weighted by Crippen LogP contribution is 2.10. The van der Waals surface area contributed by atoms with Crippen LogP contribution in [0.3, 0.4) is 0 Å². The van der Waals surface area contributed by atoms with Gasteiger partial charge in [0.2, 0.25) is 5.88 Å². The quantitative estimate of drug-likeness (QED) is 0.649. The van der Waals surface area contributed by atoms with Gasteiger partial charge in [-0.2, -0.15) is 4.98 Å². The number of fused-ring (bicyclic) bond motifs is 1. The van der Waals surface area contributed by atoms with E-state index in [1.54, 1.807) is 19.5 Å². The number of rotatable bonds is 1. The summed E-state index contributed by atoms with van der Waals surface area (Å²) in [7, 11) is 1.56. The van der Waals surface area contributed by atoms with Gasteiger partial charge in [0, 0.05) is 12.1 Å². The molecule has 0 unspecified atom stereocenters. The number of methoxy groups -OCH3 is 1. The zero-order chi connectivity index (χ0) is 7.68. The van der Waals surface area contributed by atoms with Crippen molar-refractivity contribution < 1.29 is 4.74 Å². The van der Waals surface area contributed by atoms with E-state index in [0.717, 1.165) is 5.52 Å². The first kappa shape index (κ1) is 6.15. The Labute approximate surface area is 63.2 Å². The molecule has 0 spiro atoms. The highest BCUT2D eigenvalue weighted by atomic mass is 16.5. The van der Waals surface area contributed by atoms with Gasteiger partial charge in [0.1, 0.15) is 0 Å². The monoisotopic (exact) mass is 148 g/mol. The molecule has 2 aromatic rings. The molecule has 0 bridgehead atoms. The van der Waals surface area contributed by atoms with E-state index in [1.165, 1.54) is 0 Å². The molecule has 0 aliphatic rings. The summed E-state index contributed by atoms with van der Waals surface area (Å²) in [6.07, 6.45) is 1.58. The standard InChI is InChI=1S/C7H6N3O/c1-11-6-3-2-5-7(10-6)9-4-8-5/h3-4H,1H3,(H,8,9,10). The highest BCUT2D eigenvalue weighted by molar-refractivity contribution is 5.69. The summed E-state index contributed by atoms with van der Waals surface area (Å²) in [6, 6.07) is 4.61. The lowest BCUT2D eigenvalue weighted by Gasteiger charge is -1.94. The molecule has 0 atom stereocenters. The smallest absolute Gasteiger partial charge is 0.215 e. The summed E-state index contributed by atoms with van der Waals surface area (Å²) in [5.74, 6) is 0.532. The molecule has 4 nitrogen and oxygen atoms in total. The van der Waals surface area contributed by atoms with Crippen molar-refractivity contribution in [3.8, 4) is 5.88 Å². The van der Waals surface area contributed by atoms with Gasteiger partial charge in [-0.1, -0.05) is 0 Å². The van der Waals surface area contributed by atoms with Gasteiger partial charge in [0.25, 0.3) is 0 Å². The molecule has 0 saturated carbocycles. The molecular formula is C7H6N3O. The number of nitrogens with one attached hydrogen (secondary N) is 1. The van der Waals surface area contributed by atoms with E-state index in [1.807, 2.05) is 0 Å². The highest BCUT2D eigenvalue weighted by Gasteiger charge is 1.98. The topological polar surface area (TPSA) is 50.8 Å². The fraction of sp³-hybridized carbons (Fsp3) is 0.143. The zero-order valence-electron chi connectivity index (χ0n) is 5.96. The second kappa shape index (κ2) is 2.23. The largest absolute Gasteiger partial charge is 0.481 e. The Hall–Kier alpha value is -1.58. The van der Waals surface area contributed by atoms with E-state index >= 15 is 0 Å². The Bertz CT molecular complexity index is 368. The molecule has 0 fully saturated rings. The summed E-state index contributed by atoms with van der Waals surface area (Å²) in [5.41, 5.74) is 1.43. The van der Waals surface area contributed by atoms with E-state index in [9.17, 15) is 0 Å². The fourth-order valence-corrected chi connectivity index (χ4v) is 0.853. The van der Waals surface area contributed by atoms with E-state index in [0.29, 0.717) is 11.5 Å². The molecule has 2 heterocycles. The Kier molecular flexibility index (Phi) is 1.25. The maximum Gasteiger partial charge on any atom is 0.215 e. The molecule has 2 aromatic heterocycles. The maximum absolute atomic E-state index is 4.90.